The summed E-state index contributed by atoms with van der Waals surface area (Å²) >= 11 is 6.11. The van der Waals surface area contributed by atoms with Crippen molar-refractivity contribution in [1.82, 2.24) is 14.4 Å². The standard InChI is InChI=1S/C22H24ClN3O6S/c1-4-26(5-2)33(28,29)19-13-15(11-12-17(19)23)22(27)31-14-20-24-21(25-32-20)16-9-7-8-10-18(16)30-6-3/h7-13H,4-6,14H2,1-3H3. The maximum absolute atomic E-state index is 12.8. The van der Waals surface area contributed by atoms with Gasteiger partial charge in [0.05, 0.1) is 22.8 Å². The zero-order valence-corrected chi connectivity index (χ0v) is 20.0. The summed E-state index contributed by atoms with van der Waals surface area (Å²) in [6, 6.07) is 11.2. The van der Waals surface area contributed by atoms with Crippen molar-refractivity contribution < 1.29 is 27.2 Å². The maximum atomic E-state index is 12.8. The average molecular weight is 494 g/mol. The highest BCUT2D eigenvalue weighted by molar-refractivity contribution is 7.89. The van der Waals surface area contributed by atoms with E-state index in [1.165, 1.54) is 22.5 Å². The molecule has 1 aromatic heterocycles. The molecule has 0 N–H and O–H groups in total. The van der Waals surface area contributed by atoms with Crippen molar-refractivity contribution in [3.8, 4) is 17.1 Å². The first kappa shape index (κ1) is 24.7. The van der Waals surface area contributed by atoms with E-state index in [9.17, 15) is 13.2 Å². The van der Waals surface area contributed by atoms with Gasteiger partial charge in [-0.15, -0.1) is 0 Å². The Kier molecular flexibility index (Phi) is 8.06. The maximum Gasteiger partial charge on any atom is 0.338 e. The van der Waals surface area contributed by atoms with Gasteiger partial charge in [0.1, 0.15) is 10.6 Å². The van der Waals surface area contributed by atoms with Gasteiger partial charge >= 0.3 is 5.97 Å². The number of esters is 1. The summed E-state index contributed by atoms with van der Waals surface area (Å²) in [5, 5.41) is 3.94. The van der Waals surface area contributed by atoms with Crippen LogP contribution in [-0.2, 0) is 21.4 Å². The highest BCUT2D eigenvalue weighted by Crippen LogP contribution is 2.28. The normalized spacial score (nSPS) is 11.5. The first-order chi connectivity index (χ1) is 15.8. The molecule has 0 aliphatic rings. The molecule has 1 heterocycles. The van der Waals surface area contributed by atoms with Crippen LogP contribution in [0.1, 0.15) is 37.0 Å². The van der Waals surface area contributed by atoms with E-state index >= 15 is 0 Å². The van der Waals surface area contributed by atoms with Gasteiger partial charge in [-0.1, -0.05) is 42.7 Å². The van der Waals surface area contributed by atoms with Gasteiger partial charge in [0.2, 0.25) is 15.8 Å². The van der Waals surface area contributed by atoms with Gasteiger partial charge in [0.25, 0.3) is 5.89 Å². The molecule has 0 spiro atoms. The van der Waals surface area contributed by atoms with Gasteiger partial charge in [-0.05, 0) is 37.3 Å². The van der Waals surface area contributed by atoms with Gasteiger partial charge in [-0.2, -0.15) is 9.29 Å². The van der Waals surface area contributed by atoms with Crippen molar-refractivity contribution in [1.29, 1.82) is 0 Å². The monoisotopic (exact) mass is 493 g/mol. The molecule has 0 aliphatic heterocycles. The minimum atomic E-state index is -3.85. The number of carbonyl (C=O) groups is 1. The number of para-hydroxylation sites is 1. The van der Waals surface area contributed by atoms with E-state index in [1.807, 2.05) is 19.1 Å². The molecule has 2 aromatic carbocycles. The van der Waals surface area contributed by atoms with Crippen LogP contribution in [0.2, 0.25) is 5.02 Å². The van der Waals surface area contributed by atoms with E-state index < -0.39 is 16.0 Å². The van der Waals surface area contributed by atoms with Gasteiger partial charge in [0.15, 0.2) is 6.61 Å². The lowest BCUT2D eigenvalue weighted by Gasteiger charge is -2.19. The van der Waals surface area contributed by atoms with Gasteiger partial charge < -0.3 is 14.0 Å². The van der Waals surface area contributed by atoms with Crippen LogP contribution in [0.4, 0.5) is 0 Å². The molecular weight excluding hydrogens is 470 g/mol. The van der Waals surface area contributed by atoms with Gasteiger partial charge in [-0.25, -0.2) is 13.2 Å². The molecule has 3 aromatic rings. The topological polar surface area (TPSA) is 112 Å². The summed E-state index contributed by atoms with van der Waals surface area (Å²) in [7, 11) is -3.85. The summed E-state index contributed by atoms with van der Waals surface area (Å²) in [4.78, 5) is 16.6. The molecule has 9 nitrogen and oxygen atoms in total. The Morgan fingerprint density at radius 2 is 1.85 bits per heavy atom. The third-order valence-corrected chi connectivity index (χ3v) is 7.24. The molecule has 3 rings (SSSR count). The number of aromatic nitrogens is 2. The zero-order chi connectivity index (χ0) is 24.0. The summed E-state index contributed by atoms with van der Waals surface area (Å²) in [5.74, 6) is 0.225. The first-order valence-corrected chi connectivity index (χ1v) is 12.1. The van der Waals surface area contributed by atoms with Crippen molar-refractivity contribution in [3.63, 3.8) is 0 Å². The van der Waals surface area contributed by atoms with Crippen LogP contribution in [0, 0.1) is 0 Å². The van der Waals surface area contributed by atoms with Crippen molar-refractivity contribution in [2.75, 3.05) is 19.7 Å². The average Bonchev–Trinajstić information content (AvgIpc) is 3.28. The number of nitrogens with zero attached hydrogens (tertiary/aromatic N) is 3. The highest BCUT2D eigenvalue weighted by atomic mass is 35.5. The molecule has 0 saturated heterocycles. The second kappa shape index (κ2) is 10.8. The fraction of sp³-hybridized carbons (Fsp3) is 0.318. The lowest BCUT2D eigenvalue weighted by molar-refractivity contribution is 0.0429. The highest BCUT2D eigenvalue weighted by Gasteiger charge is 2.26. The molecule has 0 aliphatic carbocycles. The SMILES string of the molecule is CCOc1ccccc1-c1noc(COC(=O)c2ccc(Cl)c(S(=O)(=O)N(CC)CC)c2)n1. The molecule has 33 heavy (non-hydrogen) atoms. The van der Waals surface area contributed by atoms with Crippen LogP contribution in [0.15, 0.2) is 51.9 Å². The molecule has 0 radical (unpaired) electrons. The second-order valence-corrected chi connectivity index (χ2v) is 9.07. The fourth-order valence-corrected chi connectivity index (χ4v) is 5.06. The number of rotatable bonds is 10. The lowest BCUT2D eigenvalue weighted by atomic mass is 10.2. The number of carbonyl (C=O) groups excluding carboxylic acids is 1. The minimum Gasteiger partial charge on any atom is -0.493 e. The zero-order valence-electron chi connectivity index (χ0n) is 18.4. The number of hydrogen-bond donors (Lipinski definition) is 0. The molecule has 176 valence electrons. The van der Waals surface area contributed by atoms with Crippen LogP contribution in [0.5, 0.6) is 5.75 Å². The summed E-state index contributed by atoms with van der Waals surface area (Å²) in [5.41, 5.74) is 0.677. The van der Waals surface area contributed by atoms with E-state index in [2.05, 4.69) is 10.1 Å². The Bertz CT molecular complexity index is 1220. The van der Waals surface area contributed by atoms with E-state index in [1.54, 1.807) is 26.0 Å². The van der Waals surface area contributed by atoms with E-state index in [-0.39, 0.29) is 41.1 Å². The largest absolute Gasteiger partial charge is 0.493 e. The third kappa shape index (κ3) is 5.52. The van der Waals surface area contributed by atoms with E-state index in [0.29, 0.717) is 23.7 Å². The number of sulfonamides is 1. The smallest absolute Gasteiger partial charge is 0.338 e. The van der Waals surface area contributed by atoms with Crippen molar-refractivity contribution in [2.24, 2.45) is 0 Å². The first-order valence-electron chi connectivity index (χ1n) is 10.3. The second-order valence-electron chi connectivity index (χ2n) is 6.75. The third-order valence-electron chi connectivity index (χ3n) is 4.71. The molecule has 0 saturated carbocycles. The van der Waals surface area contributed by atoms with Crippen LogP contribution < -0.4 is 4.74 Å². The Morgan fingerprint density at radius 1 is 1.12 bits per heavy atom. The molecule has 0 bridgehead atoms. The van der Waals surface area contributed by atoms with Gasteiger partial charge in [-0.3, -0.25) is 0 Å². The lowest BCUT2D eigenvalue weighted by Crippen LogP contribution is -2.31. The van der Waals surface area contributed by atoms with Crippen molar-refractivity contribution in [2.45, 2.75) is 32.3 Å². The number of hydrogen-bond acceptors (Lipinski definition) is 8. The van der Waals surface area contributed by atoms with Crippen LogP contribution in [-0.4, -0.2) is 48.5 Å². The molecule has 0 atom stereocenters. The summed E-state index contributed by atoms with van der Waals surface area (Å²) < 4.78 is 42.9. The predicted molar refractivity (Wildman–Crippen MR) is 122 cm³/mol. The molecular formula is C22H24ClN3O6S. The van der Waals surface area contributed by atoms with Gasteiger partial charge in [0, 0.05) is 13.1 Å². The van der Waals surface area contributed by atoms with E-state index in [4.69, 9.17) is 25.6 Å². The predicted octanol–water partition coefficient (Wildman–Crippen LogP) is 4.18. The minimum absolute atomic E-state index is 0.0213. The summed E-state index contributed by atoms with van der Waals surface area (Å²) in [6.07, 6.45) is 0. The molecule has 0 unspecified atom stereocenters. The number of halogens is 1. The van der Waals surface area contributed by atoms with Crippen LogP contribution >= 0.6 is 11.6 Å². The fourth-order valence-electron chi connectivity index (χ4n) is 3.10. The summed E-state index contributed by atoms with van der Waals surface area (Å²) in [6.45, 7) is 6.05. The molecule has 0 fully saturated rings. The van der Waals surface area contributed by atoms with Crippen LogP contribution in [0.3, 0.4) is 0 Å². The number of ether oxygens (including phenoxy) is 2. The Hall–Kier alpha value is -2.95. The van der Waals surface area contributed by atoms with E-state index in [0.717, 1.165) is 0 Å². The Labute approximate surface area is 197 Å². The molecule has 11 heteroatoms. The Balaban J connectivity index is 1.75. The Morgan fingerprint density at radius 3 is 2.55 bits per heavy atom. The van der Waals surface area contributed by atoms with Crippen molar-refractivity contribution >= 4 is 27.6 Å². The quantitative estimate of drug-likeness (QED) is 0.387. The number of benzene rings is 2. The molecule has 0 amide bonds. The van der Waals surface area contributed by atoms with Crippen molar-refractivity contribution in [3.05, 3.63) is 58.9 Å². The van der Waals surface area contributed by atoms with Crippen LogP contribution in [0.25, 0.3) is 11.4 Å².